The van der Waals surface area contributed by atoms with E-state index in [2.05, 4.69) is 51.9 Å². The Bertz CT molecular complexity index is 392. The third-order valence-electron chi connectivity index (χ3n) is 3.93. The van der Waals surface area contributed by atoms with Crippen molar-refractivity contribution in [2.24, 2.45) is 5.92 Å². The third-order valence-corrected chi connectivity index (χ3v) is 4.77. The number of hydrogen-bond acceptors (Lipinski definition) is 2. The van der Waals surface area contributed by atoms with Crippen LogP contribution in [0.5, 0.6) is 0 Å². The molecule has 0 saturated heterocycles. The van der Waals surface area contributed by atoms with Crippen LogP contribution in [0.2, 0.25) is 0 Å². The molecule has 2 atom stereocenters. The predicted molar refractivity (Wildman–Crippen MR) is 76.5 cm³/mol. The Hall–Kier alpha value is -0.570. The van der Waals surface area contributed by atoms with Crippen LogP contribution in [0.1, 0.15) is 38.3 Å². The minimum atomic E-state index is 0.650. The molecule has 0 aliphatic heterocycles. The minimum Gasteiger partial charge on any atom is -0.356 e. The van der Waals surface area contributed by atoms with E-state index in [-0.39, 0.29) is 0 Å². The lowest BCUT2D eigenvalue weighted by molar-refractivity contribution is 0.320. The van der Waals surface area contributed by atoms with Crippen LogP contribution in [-0.4, -0.2) is 18.1 Å². The second-order valence-corrected chi connectivity index (χ2v) is 6.03. The van der Waals surface area contributed by atoms with E-state index in [1.807, 2.05) is 6.92 Å². The van der Waals surface area contributed by atoms with Crippen molar-refractivity contribution in [3.05, 3.63) is 22.3 Å². The van der Waals surface area contributed by atoms with Gasteiger partial charge in [0.05, 0.1) is 5.69 Å². The smallest absolute Gasteiger partial charge is 0.128 e. The molecule has 1 fully saturated rings. The van der Waals surface area contributed by atoms with Crippen LogP contribution >= 0.6 is 15.9 Å². The normalized spacial score (nSPS) is 24.7. The zero-order valence-electron chi connectivity index (χ0n) is 10.9. The summed E-state index contributed by atoms with van der Waals surface area (Å²) >= 11 is 3.51. The number of nitrogens with zero attached hydrogens (tertiary/aromatic N) is 2. The number of halogens is 1. The Morgan fingerprint density at radius 3 is 2.65 bits per heavy atom. The Labute approximate surface area is 113 Å². The van der Waals surface area contributed by atoms with Gasteiger partial charge in [-0.05, 0) is 53.7 Å². The van der Waals surface area contributed by atoms with E-state index < -0.39 is 0 Å². The summed E-state index contributed by atoms with van der Waals surface area (Å²) in [5, 5.41) is 0. The van der Waals surface area contributed by atoms with Crippen molar-refractivity contribution in [2.45, 2.75) is 45.6 Å². The molecule has 17 heavy (non-hydrogen) atoms. The molecule has 0 radical (unpaired) electrons. The lowest BCUT2D eigenvalue weighted by atomic mass is 9.85. The maximum absolute atomic E-state index is 4.66. The quantitative estimate of drug-likeness (QED) is 0.814. The van der Waals surface area contributed by atoms with Crippen LogP contribution in [-0.2, 0) is 0 Å². The topological polar surface area (TPSA) is 16.1 Å². The van der Waals surface area contributed by atoms with Crippen LogP contribution in [0.25, 0.3) is 0 Å². The van der Waals surface area contributed by atoms with Gasteiger partial charge in [-0.1, -0.05) is 19.8 Å². The van der Waals surface area contributed by atoms with Gasteiger partial charge in [0.1, 0.15) is 5.82 Å². The molecule has 2 rings (SSSR count). The van der Waals surface area contributed by atoms with Crippen LogP contribution in [0, 0.1) is 12.8 Å². The number of aromatic nitrogens is 1. The van der Waals surface area contributed by atoms with Crippen molar-refractivity contribution in [3.63, 3.8) is 0 Å². The average molecular weight is 297 g/mol. The first-order chi connectivity index (χ1) is 8.09. The number of pyridine rings is 1. The number of anilines is 1. The van der Waals surface area contributed by atoms with E-state index in [0.29, 0.717) is 6.04 Å². The number of aryl methyl sites for hydroxylation is 1. The van der Waals surface area contributed by atoms with Gasteiger partial charge < -0.3 is 4.90 Å². The zero-order chi connectivity index (χ0) is 12.4. The molecule has 1 aliphatic rings. The molecule has 3 heteroatoms. The monoisotopic (exact) mass is 296 g/mol. The summed E-state index contributed by atoms with van der Waals surface area (Å²) in [5.74, 6) is 1.88. The fourth-order valence-electron chi connectivity index (χ4n) is 2.77. The minimum absolute atomic E-state index is 0.650. The van der Waals surface area contributed by atoms with E-state index in [1.54, 1.807) is 0 Å². The molecule has 1 aliphatic carbocycles. The van der Waals surface area contributed by atoms with Crippen molar-refractivity contribution in [3.8, 4) is 0 Å². The van der Waals surface area contributed by atoms with Gasteiger partial charge in [-0.2, -0.15) is 0 Å². The molecular formula is C14H21BrN2. The molecule has 94 valence electrons. The van der Waals surface area contributed by atoms with Gasteiger partial charge in [-0.25, -0.2) is 4.98 Å². The first-order valence-corrected chi connectivity index (χ1v) is 7.25. The molecule has 0 bridgehead atoms. The van der Waals surface area contributed by atoms with Crippen molar-refractivity contribution in [2.75, 3.05) is 11.9 Å². The van der Waals surface area contributed by atoms with E-state index in [0.717, 1.165) is 21.9 Å². The molecule has 0 spiro atoms. The average Bonchev–Trinajstić information content (AvgIpc) is 2.32. The zero-order valence-corrected chi connectivity index (χ0v) is 12.5. The molecule has 1 aromatic heterocycles. The lowest BCUT2D eigenvalue weighted by Crippen LogP contribution is -2.39. The SMILES string of the molecule is Cc1nc(N(C)C2CCCCC2C)ccc1Br. The highest BCUT2D eigenvalue weighted by Crippen LogP contribution is 2.30. The molecule has 1 aromatic rings. The van der Waals surface area contributed by atoms with Crippen molar-refractivity contribution in [1.82, 2.24) is 4.98 Å². The summed E-state index contributed by atoms with van der Waals surface area (Å²) in [7, 11) is 2.18. The fourth-order valence-corrected chi connectivity index (χ4v) is 2.99. The van der Waals surface area contributed by atoms with Gasteiger partial charge in [0.25, 0.3) is 0 Å². The highest BCUT2D eigenvalue weighted by atomic mass is 79.9. The van der Waals surface area contributed by atoms with Crippen LogP contribution in [0.3, 0.4) is 0 Å². The van der Waals surface area contributed by atoms with Crippen LogP contribution in [0.4, 0.5) is 5.82 Å². The van der Waals surface area contributed by atoms with Gasteiger partial charge >= 0.3 is 0 Å². The molecular weight excluding hydrogens is 276 g/mol. The summed E-state index contributed by atoms with van der Waals surface area (Å²) < 4.78 is 1.09. The van der Waals surface area contributed by atoms with Crippen LogP contribution in [0.15, 0.2) is 16.6 Å². The molecule has 0 amide bonds. The maximum atomic E-state index is 4.66. The Kier molecular flexibility index (Phi) is 4.08. The molecule has 2 unspecified atom stereocenters. The van der Waals surface area contributed by atoms with E-state index in [1.165, 1.54) is 25.7 Å². The van der Waals surface area contributed by atoms with Gasteiger partial charge in [0.2, 0.25) is 0 Å². The second kappa shape index (κ2) is 5.38. The lowest BCUT2D eigenvalue weighted by Gasteiger charge is -2.37. The molecule has 1 saturated carbocycles. The Morgan fingerprint density at radius 2 is 2.00 bits per heavy atom. The Balaban J connectivity index is 2.17. The first kappa shape index (κ1) is 12.9. The summed E-state index contributed by atoms with van der Waals surface area (Å²) in [6.45, 7) is 4.41. The highest BCUT2D eigenvalue weighted by Gasteiger charge is 2.25. The molecule has 0 N–H and O–H groups in total. The van der Waals surface area contributed by atoms with Crippen molar-refractivity contribution < 1.29 is 0 Å². The van der Waals surface area contributed by atoms with E-state index in [9.17, 15) is 0 Å². The predicted octanol–water partition coefficient (Wildman–Crippen LogP) is 4.17. The summed E-state index contributed by atoms with van der Waals surface area (Å²) in [6.07, 6.45) is 5.39. The molecule has 1 heterocycles. The molecule has 2 nitrogen and oxygen atoms in total. The largest absolute Gasteiger partial charge is 0.356 e. The first-order valence-electron chi connectivity index (χ1n) is 6.45. The number of hydrogen-bond donors (Lipinski definition) is 0. The van der Waals surface area contributed by atoms with Crippen LogP contribution < -0.4 is 4.90 Å². The summed E-state index contributed by atoms with van der Waals surface area (Å²) in [6, 6.07) is 4.86. The number of rotatable bonds is 2. The van der Waals surface area contributed by atoms with E-state index >= 15 is 0 Å². The van der Waals surface area contributed by atoms with Gasteiger partial charge in [0, 0.05) is 17.6 Å². The third kappa shape index (κ3) is 2.82. The van der Waals surface area contributed by atoms with Gasteiger partial charge in [0.15, 0.2) is 0 Å². The Morgan fingerprint density at radius 1 is 1.29 bits per heavy atom. The van der Waals surface area contributed by atoms with Crippen molar-refractivity contribution in [1.29, 1.82) is 0 Å². The summed E-state index contributed by atoms with van der Waals surface area (Å²) in [4.78, 5) is 7.03. The second-order valence-electron chi connectivity index (χ2n) is 5.18. The summed E-state index contributed by atoms with van der Waals surface area (Å²) in [5.41, 5.74) is 1.07. The van der Waals surface area contributed by atoms with Gasteiger partial charge in [-0.3, -0.25) is 0 Å². The molecule has 0 aromatic carbocycles. The van der Waals surface area contributed by atoms with Gasteiger partial charge in [-0.15, -0.1) is 0 Å². The highest BCUT2D eigenvalue weighted by molar-refractivity contribution is 9.10. The standard InChI is InChI=1S/C14H21BrN2/c1-10-6-4-5-7-13(10)17(3)14-9-8-12(15)11(2)16-14/h8-10,13H,4-7H2,1-3H3. The maximum Gasteiger partial charge on any atom is 0.128 e. The fraction of sp³-hybridized carbons (Fsp3) is 0.643. The van der Waals surface area contributed by atoms with E-state index in [4.69, 9.17) is 0 Å². The van der Waals surface area contributed by atoms with Crippen molar-refractivity contribution >= 4 is 21.7 Å².